The Bertz CT molecular complexity index is 1250. The van der Waals surface area contributed by atoms with Gasteiger partial charge in [-0.25, -0.2) is 0 Å². The highest BCUT2D eigenvalue weighted by Crippen LogP contribution is 2.56. The van der Waals surface area contributed by atoms with E-state index in [1.807, 2.05) is 18.2 Å². The fraction of sp³-hybridized carbons (Fsp3) is 0.129. The second-order valence-corrected chi connectivity index (χ2v) is 12.8. The smallest absolute Gasteiger partial charge is 0.251 e. The first kappa shape index (κ1) is 26.7. The van der Waals surface area contributed by atoms with E-state index in [9.17, 15) is 0 Å². The highest BCUT2D eigenvalue weighted by atomic mass is 127. The Morgan fingerprint density at radius 3 is 1.56 bits per heavy atom. The molecule has 182 valence electrons. The monoisotopic (exact) mass is 621 g/mol. The zero-order valence-electron chi connectivity index (χ0n) is 20.3. The van der Waals surface area contributed by atoms with Gasteiger partial charge in [-0.1, -0.05) is 97.9 Å². The Morgan fingerprint density at radius 2 is 1.11 bits per heavy atom. The molecule has 0 radical (unpaired) electrons. The van der Waals surface area contributed by atoms with E-state index in [1.165, 1.54) is 15.9 Å². The van der Waals surface area contributed by atoms with Gasteiger partial charge < -0.3 is 28.4 Å². The highest BCUT2D eigenvalue weighted by Gasteiger charge is 2.52. The Morgan fingerprint density at radius 1 is 0.667 bits per heavy atom. The van der Waals surface area contributed by atoms with E-state index in [2.05, 4.69) is 110 Å². The fourth-order valence-electron chi connectivity index (χ4n) is 4.39. The summed E-state index contributed by atoms with van der Waals surface area (Å²) in [5, 5.41) is 4.77. The summed E-state index contributed by atoms with van der Waals surface area (Å²) in [7, 11) is -2.32. The molecule has 5 heteroatoms. The molecular formula is C31H29INOPS. The first-order valence-corrected chi connectivity index (χ1v) is 14.9. The third-order valence-corrected chi connectivity index (χ3v) is 11.4. The molecule has 0 N–H and O–H groups in total. The lowest BCUT2D eigenvalue weighted by Crippen LogP contribution is -3.00. The Balaban J connectivity index is 0.00000304. The Labute approximate surface area is 235 Å². The van der Waals surface area contributed by atoms with Gasteiger partial charge in [-0.3, -0.25) is 0 Å². The number of thioether (sulfide) groups is 1. The molecule has 5 aromatic rings. The van der Waals surface area contributed by atoms with E-state index >= 15 is 0 Å². The van der Waals surface area contributed by atoms with Crippen LogP contribution in [-0.2, 0) is 0 Å². The van der Waals surface area contributed by atoms with Gasteiger partial charge in [0.15, 0.2) is 7.26 Å². The van der Waals surface area contributed by atoms with Crippen LogP contribution in [0.2, 0.25) is 0 Å². The molecule has 1 aromatic heterocycles. The Hall–Kier alpha value is -2.40. The van der Waals surface area contributed by atoms with Crippen molar-refractivity contribution in [3.8, 4) is 11.5 Å². The summed E-state index contributed by atoms with van der Waals surface area (Å²) in [6.45, 7) is 2.23. The van der Waals surface area contributed by atoms with Crippen LogP contribution in [0, 0.1) is 0 Å². The molecule has 0 aliphatic heterocycles. The second-order valence-electron chi connectivity index (χ2n) is 8.38. The van der Waals surface area contributed by atoms with Crippen molar-refractivity contribution in [1.82, 2.24) is 4.98 Å². The number of hydrogen-bond donors (Lipinski definition) is 0. The first-order chi connectivity index (χ1) is 17.3. The summed E-state index contributed by atoms with van der Waals surface area (Å²) < 4.78 is 6.60. The largest absolute Gasteiger partial charge is 1.00 e. The minimum Gasteiger partial charge on any atom is -1.00 e. The predicted molar refractivity (Wildman–Crippen MR) is 152 cm³/mol. The van der Waals surface area contributed by atoms with Crippen molar-refractivity contribution in [3.05, 3.63) is 121 Å². The summed E-state index contributed by atoms with van der Waals surface area (Å²) in [5.74, 6) is 1.69. The van der Waals surface area contributed by atoms with Crippen LogP contribution < -0.4 is 45.3 Å². The van der Waals surface area contributed by atoms with Crippen molar-refractivity contribution >= 4 is 40.4 Å². The molecule has 0 fully saturated rings. The van der Waals surface area contributed by atoms with Crippen LogP contribution >= 0.6 is 19.0 Å². The highest BCUT2D eigenvalue weighted by molar-refractivity contribution is 8.04. The lowest BCUT2D eigenvalue weighted by Gasteiger charge is -2.25. The summed E-state index contributed by atoms with van der Waals surface area (Å²) in [5.41, 5.74) is 2.06. The molecule has 4 aromatic carbocycles. The molecule has 0 aliphatic rings. The van der Waals surface area contributed by atoms with E-state index in [0.29, 0.717) is 5.89 Å². The summed E-state index contributed by atoms with van der Waals surface area (Å²) in [4.78, 5) is 5.32. The molecule has 0 bridgehead atoms. The second kappa shape index (κ2) is 12.7. The molecule has 0 atom stereocenters. The van der Waals surface area contributed by atoms with Gasteiger partial charge in [0, 0.05) is 11.3 Å². The first-order valence-electron chi connectivity index (χ1n) is 12.1. The van der Waals surface area contributed by atoms with Crippen LogP contribution in [0.4, 0.5) is 0 Å². The quantitative estimate of drug-likeness (QED) is 0.108. The molecule has 0 saturated carbocycles. The zero-order valence-corrected chi connectivity index (χ0v) is 24.1. The summed E-state index contributed by atoms with van der Waals surface area (Å²) in [6.07, 6.45) is 2.29. The minimum atomic E-state index is -2.32. The predicted octanol–water partition coefficient (Wildman–Crippen LogP) is 3.86. The van der Waals surface area contributed by atoms with E-state index in [0.717, 1.165) is 34.7 Å². The van der Waals surface area contributed by atoms with Gasteiger partial charge in [0.1, 0.15) is 15.9 Å². The summed E-state index contributed by atoms with van der Waals surface area (Å²) in [6, 6.07) is 42.9. The number of unbranched alkanes of at least 4 members (excludes halogenated alkanes) is 1. The SMILES string of the molecule is CCCCSc1oc(-c2ccccc2)nc1[P+](c1ccccc1)(c1ccccc1)c1ccccc1.[I-]. The van der Waals surface area contributed by atoms with Crippen LogP contribution in [0.3, 0.4) is 0 Å². The van der Waals surface area contributed by atoms with Crippen LogP contribution in [-0.4, -0.2) is 10.7 Å². The normalized spacial score (nSPS) is 11.1. The van der Waals surface area contributed by atoms with Gasteiger partial charge in [0.25, 0.3) is 5.44 Å². The van der Waals surface area contributed by atoms with Gasteiger partial charge in [0.2, 0.25) is 11.0 Å². The molecule has 0 unspecified atom stereocenters. The van der Waals surface area contributed by atoms with Crippen molar-refractivity contribution in [2.75, 3.05) is 5.75 Å². The van der Waals surface area contributed by atoms with Crippen LogP contribution in [0.25, 0.3) is 11.5 Å². The van der Waals surface area contributed by atoms with Crippen molar-refractivity contribution in [2.24, 2.45) is 0 Å². The maximum atomic E-state index is 6.60. The molecule has 0 saturated heterocycles. The molecule has 0 spiro atoms. The average molecular weight is 622 g/mol. The van der Waals surface area contributed by atoms with Gasteiger partial charge in [-0.15, -0.1) is 0 Å². The van der Waals surface area contributed by atoms with Gasteiger partial charge >= 0.3 is 0 Å². The van der Waals surface area contributed by atoms with Gasteiger partial charge in [-0.05, 0) is 55.0 Å². The molecule has 1 heterocycles. The third-order valence-electron chi connectivity index (χ3n) is 6.08. The van der Waals surface area contributed by atoms with E-state index < -0.39 is 7.26 Å². The maximum absolute atomic E-state index is 6.60. The molecule has 2 nitrogen and oxygen atoms in total. The van der Waals surface area contributed by atoms with Gasteiger partial charge in [-0.2, -0.15) is 4.98 Å². The number of aromatic nitrogens is 1. The number of halogens is 1. The third kappa shape index (κ3) is 5.32. The zero-order chi connectivity index (χ0) is 23.9. The molecule has 5 rings (SSSR count). The molecule has 0 amide bonds. The number of oxazole rings is 1. The van der Waals surface area contributed by atoms with Crippen molar-refractivity contribution in [2.45, 2.75) is 24.9 Å². The van der Waals surface area contributed by atoms with E-state index in [-0.39, 0.29) is 24.0 Å². The number of benzene rings is 4. The minimum absolute atomic E-state index is 0. The van der Waals surface area contributed by atoms with Crippen molar-refractivity contribution in [3.63, 3.8) is 0 Å². The van der Waals surface area contributed by atoms with Gasteiger partial charge in [0.05, 0.1) is 0 Å². The standard InChI is InChI=1S/C31H29NOPS.HI/c1-2-3-24-35-31-30(32-29(33-31)25-16-8-4-9-17-25)34(26-18-10-5-11-19-26,27-20-12-6-13-21-27)28-22-14-7-15-23-28;/h4-23H,2-3,24H2,1H3;1H/q+1;/p-1. The molecule has 0 aliphatic carbocycles. The van der Waals surface area contributed by atoms with Crippen LogP contribution in [0.5, 0.6) is 0 Å². The van der Waals surface area contributed by atoms with Crippen molar-refractivity contribution < 1.29 is 28.4 Å². The topological polar surface area (TPSA) is 26.0 Å². The lowest BCUT2D eigenvalue weighted by molar-refractivity contribution is -0.00000729. The van der Waals surface area contributed by atoms with Crippen LogP contribution in [0.1, 0.15) is 19.8 Å². The fourth-order valence-corrected chi connectivity index (χ4v) is 9.97. The number of hydrogen-bond acceptors (Lipinski definition) is 3. The maximum Gasteiger partial charge on any atom is 0.251 e. The molecular weight excluding hydrogens is 592 g/mol. The molecule has 36 heavy (non-hydrogen) atoms. The van der Waals surface area contributed by atoms with E-state index in [4.69, 9.17) is 9.40 Å². The Kier molecular flexibility index (Phi) is 9.41. The average Bonchev–Trinajstić information content (AvgIpc) is 3.36. The summed E-state index contributed by atoms with van der Waals surface area (Å²) >= 11 is 1.80. The number of rotatable bonds is 9. The van der Waals surface area contributed by atoms with E-state index in [1.54, 1.807) is 11.8 Å². The lowest BCUT2D eigenvalue weighted by atomic mass is 10.2. The van der Waals surface area contributed by atoms with Crippen LogP contribution in [0.15, 0.2) is 131 Å². The number of nitrogens with zero attached hydrogens (tertiary/aromatic N) is 1. The van der Waals surface area contributed by atoms with Crippen molar-refractivity contribution in [1.29, 1.82) is 0 Å².